The monoisotopic (exact) mass is 175 g/mol. The lowest BCUT2D eigenvalue weighted by atomic mass is 10.0. The molecule has 1 heterocycles. The summed E-state index contributed by atoms with van der Waals surface area (Å²) in [5, 5.41) is 3.53. The van der Waals surface area contributed by atoms with Gasteiger partial charge in [0.2, 0.25) is 0 Å². The van der Waals surface area contributed by atoms with Crippen LogP contribution in [0.5, 0.6) is 0 Å². The molecule has 1 aromatic rings. The smallest absolute Gasteiger partial charge is 0.0108 e. The molecule has 1 saturated heterocycles. The zero-order valence-corrected chi connectivity index (χ0v) is 8.22. The minimum atomic E-state index is 0.723. The van der Waals surface area contributed by atoms with Crippen molar-refractivity contribution >= 4 is 0 Å². The summed E-state index contributed by atoms with van der Waals surface area (Å²) < 4.78 is 0. The third kappa shape index (κ3) is 2.10. The molecule has 0 radical (unpaired) electrons. The molecule has 1 aliphatic heterocycles. The van der Waals surface area contributed by atoms with Crippen LogP contribution in [0.15, 0.2) is 24.3 Å². The van der Waals surface area contributed by atoms with Gasteiger partial charge in [0.15, 0.2) is 0 Å². The van der Waals surface area contributed by atoms with E-state index >= 15 is 0 Å². The summed E-state index contributed by atoms with van der Waals surface area (Å²) in [4.78, 5) is 0. The topological polar surface area (TPSA) is 12.0 Å². The van der Waals surface area contributed by atoms with Crippen LogP contribution in [-0.2, 0) is 6.42 Å². The highest BCUT2D eigenvalue weighted by Gasteiger charge is 2.14. The number of nitrogens with one attached hydrogen (secondary N) is 1. The minimum absolute atomic E-state index is 0.723. The average Bonchev–Trinajstić information content (AvgIpc) is 2.61. The van der Waals surface area contributed by atoms with Crippen molar-refractivity contribution in [3.8, 4) is 0 Å². The second-order valence-electron chi connectivity index (χ2n) is 3.92. The summed E-state index contributed by atoms with van der Waals surface area (Å²) in [7, 11) is 0. The fourth-order valence-corrected chi connectivity index (χ4v) is 2.04. The summed E-state index contributed by atoms with van der Waals surface area (Å²) in [6.07, 6.45) is 3.89. The van der Waals surface area contributed by atoms with Gasteiger partial charge in [0, 0.05) is 6.04 Å². The van der Waals surface area contributed by atoms with E-state index in [1.54, 1.807) is 0 Å². The van der Waals surface area contributed by atoms with Gasteiger partial charge in [-0.2, -0.15) is 0 Å². The third-order valence-corrected chi connectivity index (χ3v) is 2.89. The molecule has 1 fully saturated rings. The van der Waals surface area contributed by atoms with E-state index in [2.05, 4.69) is 36.5 Å². The number of hydrogen-bond acceptors (Lipinski definition) is 1. The molecule has 0 saturated carbocycles. The Morgan fingerprint density at radius 1 is 1.38 bits per heavy atom. The largest absolute Gasteiger partial charge is 0.314 e. The van der Waals surface area contributed by atoms with E-state index in [0.717, 1.165) is 6.04 Å². The minimum Gasteiger partial charge on any atom is -0.314 e. The fourth-order valence-electron chi connectivity index (χ4n) is 2.04. The first-order chi connectivity index (χ1) is 6.36. The second-order valence-corrected chi connectivity index (χ2v) is 3.92. The molecule has 1 unspecified atom stereocenters. The molecule has 0 aliphatic carbocycles. The first kappa shape index (κ1) is 8.76. The molecule has 0 aromatic heterocycles. The molecule has 1 atom stereocenters. The predicted molar refractivity (Wildman–Crippen MR) is 55.9 cm³/mol. The molecule has 1 aromatic carbocycles. The Bertz CT molecular complexity index is 274. The van der Waals surface area contributed by atoms with Crippen molar-refractivity contribution in [1.82, 2.24) is 5.32 Å². The molecular weight excluding hydrogens is 158 g/mol. The summed E-state index contributed by atoms with van der Waals surface area (Å²) in [5.74, 6) is 0. The summed E-state index contributed by atoms with van der Waals surface area (Å²) in [5.41, 5.74) is 2.93. The highest BCUT2D eigenvalue weighted by molar-refractivity contribution is 5.26. The van der Waals surface area contributed by atoms with Gasteiger partial charge in [0.1, 0.15) is 0 Å². The van der Waals surface area contributed by atoms with Crippen molar-refractivity contribution < 1.29 is 0 Å². The Morgan fingerprint density at radius 3 is 2.92 bits per heavy atom. The Morgan fingerprint density at radius 2 is 2.23 bits per heavy atom. The number of rotatable bonds is 2. The van der Waals surface area contributed by atoms with Crippen molar-refractivity contribution in [2.75, 3.05) is 6.54 Å². The molecule has 0 spiro atoms. The number of hydrogen-bond donors (Lipinski definition) is 1. The lowest BCUT2D eigenvalue weighted by molar-refractivity contribution is 0.601. The van der Waals surface area contributed by atoms with Crippen LogP contribution in [0.1, 0.15) is 24.0 Å². The second kappa shape index (κ2) is 3.93. The lowest BCUT2D eigenvalue weighted by Gasteiger charge is -2.11. The summed E-state index contributed by atoms with van der Waals surface area (Å²) >= 11 is 0. The van der Waals surface area contributed by atoms with Gasteiger partial charge in [-0.15, -0.1) is 0 Å². The zero-order chi connectivity index (χ0) is 9.10. The Balaban J connectivity index is 2.04. The Labute approximate surface area is 80.2 Å². The van der Waals surface area contributed by atoms with E-state index in [9.17, 15) is 0 Å². The number of benzene rings is 1. The molecule has 1 nitrogen and oxygen atoms in total. The van der Waals surface area contributed by atoms with Crippen LogP contribution in [-0.4, -0.2) is 12.6 Å². The number of aryl methyl sites for hydroxylation is 1. The maximum absolute atomic E-state index is 3.53. The van der Waals surface area contributed by atoms with Gasteiger partial charge in [-0.25, -0.2) is 0 Å². The summed E-state index contributed by atoms with van der Waals surface area (Å²) in [6, 6.07) is 9.42. The molecular formula is C12H17N. The van der Waals surface area contributed by atoms with Gasteiger partial charge in [0.05, 0.1) is 0 Å². The van der Waals surface area contributed by atoms with Crippen molar-refractivity contribution in [3.63, 3.8) is 0 Å². The molecule has 13 heavy (non-hydrogen) atoms. The van der Waals surface area contributed by atoms with Crippen LogP contribution >= 0.6 is 0 Å². The van der Waals surface area contributed by atoms with Crippen LogP contribution in [0, 0.1) is 6.92 Å². The maximum atomic E-state index is 3.53. The molecule has 2 rings (SSSR count). The van der Waals surface area contributed by atoms with Crippen LogP contribution < -0.4 is 5.32 Å². The normalized spacial score (nSPS) is 22.1. The van der Waals surface area contributed by atoms with E-state index in [0.29, 0.717) is 0 Å². The molecule has 70 valence electrons. The van der Waals surface area contributed by atoms with Crippen LogP contribution in [0.4, 0.5) is 0 Å². The van der Waals surface area contributed by atoms with Crippen molar-refractivity contribution in [2.24, 2.45) is 0 Å². The molecule has 0 bridgehead atoms. The predicted octanol–water partition coefficient (Wildman–Crippen LogP) is 2.29. The highest BCUT2D eigenvalue weighted by Crippen LogP contribution is 2.14. The Kier molecular flexibility index (Phi) is 2.65. The molecule has 1 N–H and O–H groups in total. The van der Waals surface area contributed by atoms with Crippen LogP contribution in [0.25, 0.3) is 0 Å². The lowest BCUT2D eigenvalue weighted by Crippen LogP contribution is -2.23. The van der Waals surface area contributed by atoms with E-state index in [-0.39, 0.29) is 0 Å². The summed E-state index contributed by atoms with van der Waals surface area (Å²) in [6.45, 7) is 3.40. The first-order valence-corrected chi connectivity index (χ1v) is 5.14. The van der Waals surface area contributed by atoms with Gasteiger partial charge >= 0.3 is 0 Å². The average molecular weight is 175 g/mol. The van der Waals surface area contributed by atoms with E-state index in [1.807, 2.05) is 0 Å². The molecule has 1 aliphatic rings. The van der Waals surface area contributed by atoms with Crippen LogP contribution in [0.3, 0.4) is 0 Å². The zero-order valence-electron chi connectivity index (χ0n) is 8.22. The van der Waals surface area contributed by atoms with Gasteiger partial charge in [-0.3, -0.25) is 0 Å². The Hall–Kier alpha value is -0.820. The van der Waals surface area contributed by atoms with Gasteiger partial charge < -0.3 is 5.32 Å². The third-order valence-electron chi connectivity index (χ3n) is 2.89. The van der Waals surface area contributed by atoms with Crippen LogP contribution in [0.2, 0.25) is 0 Å². The van der Waals surface area contributed by atoms with Gasteiger partial charge in [-0.05, 0) is 43.9 Å². The van der Waals surface area contributed by atoms with E-state index in [1.165, 1.54) is 36.9 Å². The SMILES string of the molecule is Cc1ccccc1CC1CCCN1. The molecule has 0 amide bonds. The van der Waals surface area contributed by atoms with Crippen molar-refractivity contribution in [1.29, 1.82) is 0 Å². The van der Waals surface area contributed by atoms with Gasteiger partial charge in [0.25, 0.3) is 0 Å². The van der Waals surface area contributed by atoms with Crippen molar-refractivity contribution in [2.45, 2.75) is 32.2 Å². The molecule has 1 heteroatoms. The van der Waals surface area contributed by atoms with Gasteiger partial charge in [-0.1, -0.05) is 24.3 Å². The van der Waals surface area contributed by atoms with E-state index < -0.39 is 0 Å². The quantitative estimate of drug-likeness (QED) is 0.727. The van der Waals surface area contributed by atoms with Crippen molar-refractivity contribution in [3.05, 3.63) is 35.4 Å². The fraction of sp³-hybridized carbons (Fsp3) is 0.500. The van der Waals surface area contributed by atoms with E-state index in [4.69, 9.17) is 0 Å². The first-order valence-electron chi connectivity index (χ1n) is 5.14. The standard InChI is InChI=1S/C12H17N/c1-10-5-2-3-6-11(10)9-12-7-4-8-13-12/h2-3,5-6,12-13H,4,7-9H2,1H3. The highest BCUT2D eigenvalue weighted by atomic mass is 14.9. The maximum Gasteiger partial charge on any atom is 0.0108 e.